The van der Waals surface area contributed by atoms with E-state index in [2.05, 4.69) is 17.0 Å². The van der Waals surface area contributed by atoms with Gasteiger partial charge in [-0.15, -0.1) is 0 Å². The molecule has 1 aliphatic rings. The zero-order valence-corrected chi connectivity index (χ0v) is 19.0. The highest BCUT2D eigenvalue weighted by Gasteiger charge is 2.56. The van der Waals surface area contributed by atoms with Gasteiger partial charge in [0.15, 0.2) is 6.23 Å². The van der Waals surface area contributed by atoms with Gasteiger partial charge in [0.05, 0.1) is 19.0 Å². The van der Waals surface area contributed by atoms with Gasteiger partial charge >= 0.3 is 13.7 Å². The summed E-state index contributed by atoms with van der Waals surface area (Å²) in [5, 5.41) is 22.3. The molecule has 4 N–H and O–H groups in total. The van der Waals surface area contributed by atoms with Gasteiger partial charge in [-0.3, -0.25) is 14.7 Å². The fourth-order valence-electron chi connectivity index (χ4n) is 2.90. The van der Waals surface area contributed by atoms with E-state index in [1.165, 1.54) is 19.1 Å². The summed E-state index contributed by atoms with van der Waals surface area (Å²) in [6, 6.07) is 7.02. The van der Waals surface area contributed by atoms with E-state index in [4.69, 9.17) is 23.9 Å². The molecular formula is C20H29FN3O7P. The van der Waals surface area contributed by atoms with Crippen molar-refractivity contribution < 1.29 is 37.4 Å². The lowest BCUT2D eigenvalue weighted by Crippen LogP contribution is -2.48. The van der Waals surface area contributed by atoms with Crippen LogP contribution in [-0.4, -0.2) is 60.3 Å². The molecule has 0 amide bonds. The number of esters is 1. The largest absolute Gasteiger partial charge is 0.462 e. The minimum atomic E-state index is -4.21. The molecule has 0 radical (unpaired) electrons. The second kappa shape index (κ2) is 11.0. The van der Waals surface area contributed by atoms with Gasteiger partial charge in [-0.1, -0.05) is 24.8 Å². The predicted octanol–water partition coefficient (Wildman–Crippen LogP) is 2.30. The standard InChI is InChI=1S/C20H29FN3O7P/c1-5-20(21)17(25)16(30-19(20)23-12-22)11-28-32(27,31-15-9-7-6-8-10-15)24-14(4)18(26)29-13(2)3/h5-10,12-14,16-17,19,25H,1,11H2,2-4H3,(H2,22,23)(H,24,27)/t14-,16+,17+,19+,20+,32-/m0/s1. The number of alkyl halides is 1. The van der Waals surface area contributed by atoms with Crippen LogP contribution in [0, 0.1) is 5.41 Å². The van der Waals surface area contributed by atoms with E-state index in [0.717, 1.165) is 6.08 Å². The highest BCUT2D eigenvalue weighted by atomic mass is 31.2. The topological polar surface area (TPSA) is 139 Å². The minimum Gasteiger partial charge on any atom is -0.462 e. The Bertz CT molecular complexity index is 844. The molecule has 0 aliphatic carbocycles. The third-order valence-electron chi connectivity index (χ3n) is 4.50. The summed E-state index contributed by atoms with van der Waals surface area (Å²) in [6.07, 6.45) is -3.22. The number of aliphatic hydroxyl groups excluding tert-OH is 1. The molecule has 1 fully saturated rings. The van der Waals surface area contributed by atoms with Crippen molar-refractivity contribution in [3.05, 3.63) is 43.0 Å². The zero-order valence-electron chi connectivity index (χ0n) is 18.1. The molecular weight excluding hydrogens is 444 g/mol. The molecule has 12 heteroatoms. The molecule has 0 aromatic heterocycles. The molecule has 0 spiro atoms. The molecule has 178 valence electrons. The quantitative estimate of drug-likeness (QED) is 0.118. The molecule has 1 heterocycles. The van der Waals surface area contributed by atoms with Crippen LogP contribution < -0.4 is 14.9 Å². The summed E-state index contributed by atoms with van der Waals surface area (Å²) in [5.74, 6) is -0.489. The van der Waals surface area contributed by atoms with Crippen LogP contribution in [0.4, 0.5) is 4.39 Å². The van der Waals surface area contributed by atoms with E-state index in [1.54, 1.807) is 32.0 Å². The van der Waals surface area contributed by atoms with Gasteiger partial charge in [0.25, 0.3) is 0 Å². The summed E-state index contributed by atoms with van der Waals surface area (Å²) < 4.78 is 49.9. The molecule has 2 rings (SSSR count). The van der Waals surface area contributed by atoms with E-state index < -0.39 is 50.5 Å². The van der Waals surface area contributed by atoms with Crippen LogP contribution in [0.3, 0.4) is 0 Å². The van der Waals surface area contributed by atoms with Crippen LogP contribution in [0.15, 0.2) is 43.0 Å². The first kappa shape index (κ1) is 26.0. The Morgan fingerprint density at radius 1 is 1.41 bits per heavy atom. The van der Waals surface area contributed by atoms with Crippen LogP contribution in [0.1, 0.15) is 20.8 Å². The van der Waals surface area contributed by atoms with Gasteiger partial charge in [0.2, 0.25) is 5.67 Å². The van der Waals surface area contributed by atoms with Crippen LogP contribution in [0.25, 0.3) is 0 Å². The number of aliphatic hydroxyl groups is 1. The molecule has 0 saturated carbocycles. The van der Waals surface area contributed by atoms with Crippen molar-refractivity contribution >= 4 is 20.1 Å². The van der Waals surface area contributed by atoms with Gasteiger partial charge in [0.1, 0.15) is 24.0 Å². The number of ether oxygens (including phenoxy) is 2. The highest BCUT2D eigenvalue weighted by Crippen LogP contribution is 2.46. The van der Waals surface area contributed by atoms with Crippen LogP contribution in [-0.2, 0) is 23.4 Å². The molecule has 1 saturated heterocycles. The highest BCUT2D eigenvalue weighted by molar-refractivity contribution is 7.52. The van der Waals surface area contributed by atoms with Gasteiger partial charge in [-0.05, 0) is 39.0 Å². The number of nitrogens with one attached hydrogen (secondary N) is 3. The van der Waals surface area contributed by atoms with Crippen LogP contribution in [0.2, 0.25) is 0 Å². The molecule has 1 aliphatic heterocycles. The number of para-hydroxylation sites is 1. The summed E-state index contributed by atoms with van der Waals surface area (Å²) in [4.78, 5) is 12.2. The van der Waals surface area contributed by atoms with Crippen molar-refractivity contribution in [1.29, 1.82) is 5.41 Å². The summed E-state index contributed by atoms with van der Waals surface area (Å²) in [7, 11) is -4.21. The zero-order chi connectivity index (χ0) is 23.9. The van der Waals surface area contributed by atoms with Gasteiger partial charge in [-0.25, -0.2) is 8.96 Å². The normalized spacial score (nSPS) is 27.9. The SMILES string of the molecule is C=C[C@]1(F)[C@H](NC=N)O[C@H](CO[P@@](=O)(N[C@@H](C)C(=O)OC(C)C)Oc2ccccc2)[C@H]1O. The van der Waals surface area contributed by atoms with Gasteiger partial charge in [-0.2, -0.15) is 5.09 Å². The maximum absolute atomic E-state index is 15.0. The summed E-state index contributed by atoms with van der Waals surface area (Å²) in [5.41, 5.74) is -2.42. The molecule has 1 aromatic carbocycles. The first-order valence-electron chi connectivity index (χ1n) is 9.93. The Morgan fingerprint density at radius 2 is 2.06 bits per heavy atom. The third-order valence-corrected chi connectivity index (χ3v) is 6.14. The number of rotatable bonds is 12. The van der Waals surface area contributed by atoms with Crippen LogP contribution >= 0.6 is 7.75 Å². The molecule has 1 aromatic rings. The van der Waals surface area contributed by atoms with Crippen molar-refractivity contribution in [1.82, 2.24) is 10.4 Å². The number of hydrogen-bond donors (Lipinski definition) is 4. The van der Waals surface area contributed by atoms with Gasteiger partial charge < -0.3 is 24.4 Å². The monoisotopic (exact) mass is 473 g/mol. The number of carbonyl (C=O) groups is 1. The van der Waals surface area contributed by atoms with Crippen molar-refractivity contribution in [3.8, 4) is 5.75 Å². The Hall–Kier alpha value is -2.30. The fraction of sp³-hybridized carbons (Fsp3) is 0.500. The maximum Gasteiger partial charge on any atom is 0.459 e. The number of halogens is 1. The summed E-state index contributed by atoms with van der Waals surface area (Å²) in [6.45, 7) is 7.57. The predicted molar refractivity (Wildman–Crippen MR) is 115 cm³/mol. The molecule has 10 nitrogen and oxygen atoms in total. The van der Waals surface area contributed by atoms with E-state index in [9.17, 15) is 14.5 Å². The Labute approximate surface area is 186 Å². The lowest BCUT2D eigenvalue weighted by atomic mass is 9.96. The Balaban J connectivity index is 2.17. The van der Waals surface area contributed by atoms with E-state index in [1.807, 2.05) is 0 Å². The second-order valence-electron chi connectivity index (χ2n) is 7.38. The minimum absolute atomic E-state index is 0.190. The average molecular weight is 473 g/mol. The molecule has 32 heavy (non-hydrogen) atoms. The average Bonchev–Trinajstić information content (AvgIpc) is 2.98. The first-order chi connectivity index (χ1) is 15.0. The smallest absolute Gasteiger partial charge is 0.459 e. The first-order valence-corrected chi connectivity index (χ1v) is 11.5. The van der Waals surface area contributed by atoms with Crippen molar-refractivity contribution in [2.45, 2.75) is 57.0 Å². The van der Waals surface area contributed by atoms with E-state index >= 15 is 4.39 Å². The second-order valence-corrected chi connectivity index (χ2v) is 9.07. The number of benzene rings is 1. The van der Waals surface area contributed by atoms with E-state index in [0.29, 0.717) is 6.34 Å². The lowest BCUT2D eigenvalue weighted by molar-refractivity contribution is -0.149. The van der Waals surface area contributed by atoms with Crippen molar-refractivity contribution in [3.63, 3.8) is 0 Å². The van der Waals surface area contributed by atoms with Crippen molar-refractivity contribution in [2.75, 3.05) is 6.61 Å². The lowest BCUT2D eigenvalue weighted by Gasteiger charge is -2.25. The van der Waals surface area contributed by atoms with E-state index in [-0.39, 0.29) is 11.9 Å². The number of carbonyl (C=O) groups excluding carboxylic acids is 1. The van der Waals surface area contributed by atoms with Crippen LogP contribution in [0.5, 0.6) is 5.75 Å². The van der Waals surface area contributed by atoms with Gasteiger partial charge in [0, 0.05) is 0 Å². The number of hydrogen-bond acceptors (Lipinski definition) is 8. The third kappa shape index (κ3) is 6.36. The Morgan fingerprint density at radius 3 is 2.62 bits per heavy atom. The van der Waals surface area contributed by atoms with Crippen molar-refractivity contribution in [2.24, 2.45) is 0 Å². The summed E-state index contributed by atoms with van der Waals surface area (Å²) >= 11 is 0. The maximum atomic E-state index is 15.0. The molecule has 6 atom stereocenters. The molecule has 0 bridgehead atoms. The molecule has 0 unspecified atom stereocenters. The Kier molecular flexibility index (Phi) is 8.94. The fourth-order valence-corrected chi connectivity index (χ4v) is 4.40.